The molecule has 2 rings (SSSR count). The number of rotatable bonds is 14. The standard InChI is InChI=1S/C23H34N6O6/c1-13(30)20(22(33)27-12-19(31)28-18(23(34)35)8-4-5-9-24)29-21(32)16(25)10-14-11-26-17-7-3-2-6-15(14)17/h2-3,6-7,11,13,16,18,20,26,30H,4-5,8-10,12,24-25H2,1H3,(H,27,33)(H,28,31)(H,29,32)(H,34,35). The van der Waals surface area contributed by atoms with E-state index in [-0.39, 0.29) is 12.8 Å². The summed E-state index contributed by atoms with van der Waals surface area (Å²) in [4.78, 5) is 51.7. The molecule has 1 aromatic carbocycles. The fourth-order valence-electron chi connectivity index (χ4n) is 3.57. The maximum Gasteiger partial charge on any atom is 0.326 e. The first-order chi connectivity index (χ1) is 16.6. The summed E-state index contributed by atoms with van der Waals surface area (Å²) in [5.74, 6) is -3.37. The number of benzene rings is 1. The van der Waals surface area contributed by atoms with E-state index in [0.29, 0.717) is 19.4 Å². The third-order valence-electron chi connectivity index (χ3n) is 5.52. The van der Waals surface area contributed by atoms with Gasteiger partial charge in [0.1, 0.15) is 12.1 Å². The number of carboxylic acids is 1. The number of carbonyl (C=O) groups excluding carboxylic acids is 3. The zero-order valence-electron chi connectivity index (χ0n) is 19.6. The van der Waals surface area contributed by atoms with Gasteiger partial charge in [0.05, 0.1) is 18.7 Å². The van der Waals surface area contributed by atoms with Gasteiger partial charge in [-0.2, -0.15) is 0 Å². The summed E-state index contributed by atoms with van der Waals surface area (Å²) in [6.07, 6.45) is 2.03. The minimum absolute atomic E-state index is 0.201. The van der Waals surface area contributed by atoms with Crippen LogP contribution in [0.2, 0.25) is 0 Å². The van der Waals surface area contributed by atoms with Crippen LogP contribution in [0.1, 0.15) is 31.7 Å². The third kappa shape index (κ3) is 8.35. The van der Waals surface area contributed by atoms with E-state index in [1.165, 1.54) is 6.92 Å². The summed E-state index contributed by atoms with van der Waals surface area (Å²) in [7, 11) is 0. The molecule has 10 N–H and O–H groups in total. The van der Waals surface area contributed by atoms with Gasteiger partial charge in [-0.25, -0.2) is 4.79 Å². The molecule has 35 heavy (non-hydrogen) atoms. The van der Waals surface area contributed by atoms with Gasteiger partial charge in [-0.1, -0.05) is 18.2 Å². The van der Waals surface area contributed by atoms with Gasteiger partial charge in [0.25, 0.3) is 0 Å². The van der Waals surface area contributed by atoms with Gasteiger partial charge < -0.3 is 42.6 Å². The number of aromatic amines is 1. The molecule has 4 atom stereocenters. The lowest BCUT2D eigenvalue weighted by Gasteiger charge is -2.23. The number of aliphatic hydroxyl groups excluding tert-OH is 1. The number of hydrogen-bond acceptors (Lipinski definition) is 7. The molecule has 0 bridgehead atoms. The van der Waals surface area contributed by atoms with Crippen molar-refractivity contribution < 1.29 is 29.4 Å². The summed E-state index contributed by atoms with van der Waals surface area (Å²) < 4.78 is 0. The van der Waals surface area contributed by atoms with Crippen molar-refractivity contribution in [2.24, 2.45) is 11.5 Å². The highest BCUT2D eigenvalue weighted by molar-refractivity contribution is 5.93. The number of fused-ring (bicyclic) bond motifs is 1. The Bertz CT molecular complexity index is 1020. The maximum atomic E-state index is 12.6. The van der Waals surface area contributed by atoms with Crippen molar-refractivity contribution in [3.63, 3.8) is 0 Å². The number of nitrogens with two attached hydrogens (primary N) is 2. The quantitative estimate of drug-likeness (QED) is 0.149. The molecule has 1 heterocycles. The van der Waals surface area contributed by atoms with Crippen LogP contribution in [0, 0.1) is 0 Å². The third-order valence-corrected chi connectivity index (χ3v) is 5.52. The van der Waals surface area contributed by atoms with Crippen LogP contribution in [-0.2, 0) is 25.6 Å². The molecule has 0 aliphatic rings. The number of aliphatic carboxylic acids is 1. The molecule has 0 saturated heterocycles. The number of carboxylic acid groups (broad SMARTS) is 1. The van der Waals surface area contributed by atoms with Crippen molar-refractivity contribution in [1.29, 1.82) is 0 Å². The molecule has 1 aromatic heterocycles. The van der Waals surface area contributed by atoms with Gasteiger partial charge in [0, 0.05) is 17.1 Å². The van der Waals surface area contributed by atoms with Gasteiger partial charge in [-0.3, -0.25) is 14.4 Å². The normalized spacial score (nSPS) is 14.5. The summed E-state index contributed by atoms with van der Waals surface area (Å²) in [6, 6.07) is 4.09. The van der Waals surface area contributed by atoms with E-state index in [1.54, 1.807) is 6.20 Å². The lowest BCUT2D eigenvalue weighted by molar-refractivity contribution is -0.142. The lowest BCUT2D eigenvalue weighted by atomic mass is 10.0. The highest BCUT2D eigenvalue weighted by Crippen LogP contribution is 2.18. The number of unbranched alkanes of at least 4 members (excludes halogenated alkanes) is 1. The van der Waals surface area contributed by atoms with Crippen molar-refractivity contribution >= 4 is 34.6 Å². The van der Waals surface area contributed by atoms with Crippen LogP contribution in [0.5, 0.6) is 0 Å². The molecule has 12 heteroatoms. The number of amides is 3. The molecule has 0 radical (unpaired) electrons. The zero-order chi connectivity index (χ0) is 26.0. The second-order valence-electron chi connectivity index (χ2n) is 8.36. The van der Waals surface area contributed by atoms with Crippen molar-refractivity contribution in [3.8, 4) is 0 Å². The van der Waals surface area contributed by atoms with Crippen LogP contribution in [-0.4, -0.2) is 76.2 Å². The highest BCUT2D eigenvalue weighted by atomic mass is 16.4. The number of nitrogens with one attached hydrogen (secondary N) is 4. The molecule has 0 saturated carbocycles. The Morgan fingerprint density at radius 3 is 2.46 bits per heavy atom. The van der Waals surface area contributed by atoms with Crippen molar-refractivity contribution in [1.82, 2.24) is 20.9 Å². The first-order valence-electron chi connectivity index (χ1n) is 11.4. The second kappa shape index (κ2) is 13.4. The van der Waals surface area contributed by atoms with Crippen molar-refractivity contribution in [3.05, 3.63) is 36.0 Å². The minimum Gasteiger partial charge on any atom is -0.480 e. The summed E-state index contributed by atoms with van der Waals surface area (Å²) >= 11 is 0. The average Bonchev–Trinajstić information content (AvgIpc) is 3.22. The Balaban J connectivity index is 1.90. The number of para-hydroxylation sites is 1. The maximum absolute atomic E-state index is 12.6. The first kappa shape index (κ1) is 27.8. The Kier molecular flexibility index (Phi) is 10.6. The van der Waals surface area contributed by atoms with E-state index in [2.05, 4.69) is 20.9 Å². The summed E-state index contributed by atoms with van der Waals surface area (Å²) in [5, 5.41) is 27.2. The predicted octanol–water partition coefficient (Wildman–Crippen LogP) is -1.28. The largest absolute Gasteiger partial charge is 0.480 e. The first-order valence-corrected chi connectivity index (χ1v) is 11.4. The average molecular weight is 491 g/mol. The number of aromatic nitrogens is 1. The second-order valence-corrected chi connectivity index (χ2v) is 8.36. The van der Waals surface area contributed by atoms with Gasteiger partial charge in [0.15, 0.2) is 0 Å². The van der Waals surface area contributed by atoms with E-state index in [9.17, 15) is 29.4 Å². The van der Waals surface area contributed by atoms with E-state index >= 15 is 0 Å². The molecule has 2 aromatic rings. The Hall–Kier alpha value is -3.48. The monoisotopic (exact) mass is 490 g/mol. The Morgan fingerprint density at radius 1 is 1.09 bits per heavy atom. The van der Waals surface area contributed by atoms with E-state index in [1.807, 2.05) is 24.3 Å². The molecular weight excluding hydrogens is 456 g/mol. The van der Waals surface area contributed by atoms with Crippen LogP contribution in [0.3, 0.4) is 0 Å². The minimum atomic E-state index is -1.36. The molecule has 0 spiro atoms. The molecule has 0 fully saturated rings. The zero-order valence-corrected chi connectivity index (χ0v) is 19.6. The highest BCUT2D eigenvalue weighted by Gasteiger charge is 2.29. The number of hydrogen-bond donors (Lipinski definition) is 8. The molecular formula is C23H34N6O6. The fourth-order valence-corrected chi connectivity index (χ4v) is 3.57. The molecule has 0 aliphatic carbocycles. The molecule has 4 unspecified atom stereocenters. The Morgan fingerprint density at radius 2 is 1.80 bits per heavy atom. The van der Waals surface area contributed by atoms with Crippen LogP contribution in [0.15, 0.2) is 30.5 Å². The summed E-state index contributed by atoms with van der Waals surface area (Å²) in [6.45, 7) is 1.20. The van der Waals surface area contributed by atoms with E-state index in [0.717, 1.165) is 16.5 Å². The predicted molar refractivity (Wildman–Crippen MR) is 129 cm³/mol. The smallest absolute Gasteiger partial charge is 0.326 e. The number of aliphatic hydroxyl groups is 1. The fraction of sp³-hybridized carbons (Fsp3) is 0.478. The van der Waals surface area contributed by atoms with Crippen LogP contribution in [0.4, 0.5) is 0 Å². The van der Waals surface area contributed by atoms with E-state index < -0.39 is 54.5 Å². The van der Waals surface area contributed by atoms with Crippen LogP contribution >= 0.6 is 0 Å². The SMILES string of the molecule is CC(O)C(NC(=O)C(N)Cc1c[nH]c2ccccc12)C(=O)NCC(=O)NC(CCCCN)C(=O)O. The lowest BCUT2D eigenvalue weighted by Crippen LogP contribution is -2.57. The van der Waals surface area contributed by atoms with Gasteiger partial charge >= 0.3 is 5.97 Å². The number of carbonyl (C=O) groups is 4. The van der Waals surface area contributed by atoms with Crippen LogP contribution < -0.4 is 27.4 Å². The summed E-state index contributed by atoms with van der Waals surface area (Å²) in [5.41, 5.74) is 13.2. The van der Waals surface area contributed by atoms with E-state index in [4.69, 9.17) is 11.5 Å². The van der Waals surface area contributed by atoms with Crippen molar-refractivity contribution in [2.45, 2.75) is 56.8 Å². The Labute approximate surface area is 202 Å². The molecule has 12 nitrogen and oxygen atoms in total. The van der Waals surface area contributed by atoms with Gasteiger partial charge in [-0.15, -0.1) is 0 Å². The van der Waals surface area contributed by atoms with Gasteiger partial charge in [-0.05, 0) is 50.8 Å². The topological polar surface area (TPSA) is 213 Å². The molecule has 3 amide bonds. The number of H-pyrrole nitrogens is 1. The van der Waals surface area contributed by atoms with Gasteiger partial charge in [0.2, 0.25) is 17.7 Å². The molecule has 0 aliphatic heterocycles. The van der Waals surface area contributed by atoms with Crippen LogP contribution in [0.25, 0.3) is 10.9 Å². The van der Waals surface area contributed by atoms with Crippen molar-refractivity contribution in [2.75, 3.05) is 13.1 Å². The molecule has 192 valence electrons.